The van der Waals surface area contributed by atoms with Crippen molar-refractivity contribution in [3.8, 4) is 0 Å². The van der Waals surface area contributed by atoms with Crippen molar-refractivity contribution in [1.29, 1.82) is 0 Å². The van der Waals surface area contributed by atoms with Crippen molar-refractivity contribution in [2.24, 2.45) is 11.8 Å². The lowest BCUT2D eigenvalue weighted by Crippen LogP contribution is -2.08. The van der Waals surface area contributed by atoms with Crippen LogP contribution >= 0.6 is 0 Å². The summed E-state index contributed by atoms with van der Waals surface area (Å²) in [7, 11) is 0. The van der Waals surface area contributed by atoms with E-state index in [2.05, 4.69) is 6.92 Å². The molecule has 0 heterocycles. The predicted molar refractivity (Wildman–Crippen MR) is 98.7 cm³/mol. The molecule has 0 amide bonds. The van der Waals surface area contributed by atoms with Gasteiger partial charge in [0.05, 0.1) is 0 Å². The van der Waals surface area contributed by atoms with Crippen LogP contribution in [0.5, 0.6) is 0 Å². The zero-order chi connectivity index (χ0) is 16.9. The van der Waals surface area contributed by atoms with Crippen LogP contribution in [-0.2, 0) is 4.79 Å². The Morgan fingerprint density at radius 3 is 2.13 bits per heavy atom. The number of carboxylic acid groups (broad SMARTS) is 1. The second-order valence-electron chi connectivity index (χ2n) is 7.48. The van der Waals surface area contributed by atoms with Crippen LogP contribution in [0, 0.1) is 11.8 Å². The second-order valence-corrected chi connectivity index (χ2v) is 7.48. The molecule has 0 radical (unpaired) electrons. The Bertz CT molecular complexity index is 346. The van der Waals surface area contributed by atoms with Crippen LogP contribution in [0.15, 0.2) is 11.6 Å². The number of unbranched alkanes of at least 4 members (excludes halogenated alkanes) is 7. The fourth-order valence-electron chi connectivity index (χ4n) is 4.02. The molecule has 134 valence electrons. The van der Waals surface area contributed by atoms with Crippen molar-refractivity contribution in [3.63, 3.8) is 0 Å². The topological polar surface area (TPSA) is 37.3 Å². The van der Waals surface area contributed by atoms with Crippen LogP contribution in [0.25, 0.3) is 0 Å². The van der Waals surface area contributed by atoms with Gasteiger partial charge in [-0.1, -0.05) is 90.0 Å². The molecule has 1 aliphatic carbocycles. The zero-order valence-electron chi connectivity index (χ0n) is 15.5. The predicted octanol–water partition coefficient (Wildman–Crippen LogP) is 6.74. The summed E-state index contributed by atoms with van der Waals surface area (Å²) in [6.07, 6.45) is 20.8. The third kappa shape index (κ3) is 9.17. The van der Waals surface area contributed by atoms with Gasteiger partial charge in [-0.15, -0.1) is 0 Å². The molecule has 0 bridgehead atoms. The van der Waals surface area contributed by atoms with E-state index in [4.69, 9.17) is 5.11 Å². The summed E-state index contributed by atoms with van der Waals surface area (Å²) in [5.74, 6) is 1.16. The minimum atomic E-state index is -0.778. The first kappa shape index (κ1) is 20.3. The maximum absolute atomic E-state index is 10.7. The van der Waals surface area contributed by atoms with E-state index in [-0.39, 0.29) is 0 Å². The van der Waals surface area contributed by atoms with Crippen LogP contribution in [0.4, 0.5) is 0 Å². The van der Waals surface area contributed by atoms with Crippen molar-refractivity contribution >= 4 is 5.97 Å². The quantitative estimate of drug-likeness (QED) is 0.301. The third-order valence-corrected chi connectivity index (χ3v) is 5.56. The molecule has 0 spiro atoms. The smallest absolute Gasteiger partial charge is 0.330 e. The maximum atomic E-state index is 10.7. The van der Waals surface area contributed by atoms with E-state index in [1.165, 1.54) is 77.0 Å². The summed E-state index contributed by atoms with van der Waals surface area (Å²) in [6.45, 7) is 3.97. The average molecular weight is 323 g/mol. The van der Waals surface area contributed by atoms with E-state index < -0.39 is 5.97 Å². The van der Waals surface area contributed by atoms with Crippen molar-refractivity contribution in [3.05, 3.63) is 11.6 Å². The first-order valence-electron chi connectivity index (χ1n) is 10.0. The molecule has 1 rings (SSSR count). The van der Waals surface area contributed by atoms with Gasteiger partial charge in [0, 0.05) is 5.57 Å². The van der Waals surface area contributed by atoms with E-state index in [9.17, 15) is 4.79 Å². The molecule has 1 fully saturated rings. The fraction of sp³-hybridized carbons (Fsp3) is 0.857. The highest BCUT2D eigenvalue weighted by molar-refractivity contribution is 5.85. The van der Waals surface area contributed by atoms with Gasteiger partial charge < -0.3 is 5.11 Å². The molecule has 1 saturated carbocycles. The van der Waals surface area contributed by atoms with Crippen LogP contribution < -0.4 is 0 Å². The highest BCUT2D eigenvalue weighted by Crippen LogP contribution is 2.38. The zero-order valence-corrected chi connectivity index (χ0v) is 15.5. The SMILES string of the molecule is CCCCCCCC[C@H]1CCC[C@@H]1CCCCC=C(C)C(=O)O. The lowest BCUT2D eigenvalue weighted by molar-refractivity contribution is -0.132. The minimum Gasteiger partial charge on any atom is -0.478 e. The summed E-state index contributed by atoms with van der Waals surface area (Å²) in [5, 5.41) is 8.83. The Labute approximate surface area is 143 Å². The summed E-state index contributed by atoms with van der Waals surface area (Å²) in [6, 6.07) is 0. The van der Waals surface area contributed by atoms with Crippen LogP contribution in [-0.4, -0.2) is 11.1 Å². The minimum absolute atomic E-state index is 0.492. The second kappa shape index (κ2) is 12.6. The molecule has 23 heavy (non-hydrogen) atoms. The van der Waals surface area contributed by atoms with Gasteiger partial charge in [0.15, 0.2) is 0 Å². The Morgan fingerprint density at radius 1 is 0.957 bits per heavy atom. The number of rotatable bonds is 13. The van der Waals surface area contributed by atoms with Gasteiger partial charge >= 0.3 is 5.97 Å². The molecule has 0 saturated heterocycles. The van der Waals surface area contributed by atoms with E-state index in [0.717, 1.165) is 24.7 Å². The maximum Gasteiger partial charge on any atom is 0.330 e. The Hall–Kier alpha value is -0.790. The lowest BCUT2D eigenvalue weighted by atomic mass is 9.87. The van der Waals surface area contributed by atoms with Crippen molar-refractivity contribution in [2.45, 2.75) is 104 Å². The lowest BCUT2D eigenvalue weighted by Gasteiger charge is -2.19. The number of carbonyl (C=O) groups is 1. The third-order valence-electron chi connectivity index (χ3n) is 5.56. The van der Waals surface area contributed by atoms with Crippen molar-refractivity contribution in [1.82, 2.24) is 0 Å². The first-order valence-corrected chi connectivity index (χ1v) is 10.0. The summed E-state index contributed by atoms with van der Waals surface area (Å²) < 4.78 is 0. The molecule has 1 N–H and O–H groups in total. The van der Waals surface area contributed by atoms with Crippen LogP contribution in [0.1, 0.15) is 104 Å². The molecule has 0 aromatic rings. The van der Waals surface area contributed by atoms with Gasteiger partial charge in [-0.3, -0.25) is 0 Å². The largest absolute Gasteiger partial charge is 0.478 e. The average Bonchev–Trinajstić information content (AvgIpc) is 2.97. The number of hydrogen-bond donors (Lipinski definition) is 1. The highest BCUT2D eigenvalue weighted by atomic mass is 16.4. The van der Waals surface area contributed by atoms with Gasteiger partial charge in [-0.05, 0) is 31.6 Å². The van der Waals surface area contributed by atoms with Crippen molar-refractivity contribution in [2.75, 3.05) is 0 Å². The molecule has 0 aromatic carbocycles. The van der Waals surface area contributed by atoms with Gasteiger partial charge in [0.1, 0.15) is 0 Å². The normalized spacial score (nSPS) is 21.7. The van der Waals surface area contributed by atoms with E-state index in [1.54, 1.807) is 6.92 Å². The Morgan fingerprint density at radius 2 is 1.52 bits per heavy atom. The number of carboxylic acids is 1. The van der Waals surface area contributed by atoms with E-state index >= 15 is 0 Å². The molecular weight excluding hydrogens is 284 g/mol. The van der Waals surface area contributed by atoms with Gasteiger partial charge in [-0.2, -0.15) is 0 Å². The summed E-state index contributed by atoms with van der Waals surface area (Å²) in [4.78, 5) is 10.7. The Balaban J connectivity index is 2.08. The first-order chi connectivity index (χ1) is 11.1. The molecule has 2 nitrogen and oxygen atoms in total. The molecule has 2 atom stereocenters. The summed E-state index contributed by atoms with van der Waals surface area (Å²) >= 11 is 0. The van der Waals surface area contributed by atoms with Crippen molar-refractivity contribution < 1.29 is 9.90 Å². The van der Waals surface area contributed by atoms with E-state index in [1.807, 2.05) is 6.08 Å². The van der Waals surface area contributed by atoms with Crippen LogP contribution in [0.3, 0.4) is 0 Å². The number of allylic oxidation sites excluding steroid dienone is 1. The molecular formula is C21H38O2. The van der Waals surface area contributed by atoms with Gasteiger partial charge in [-0.25, -0.2) is 4.79 Å². The fourth-order valence-corrected chi connectivity index (χ4v) is 4.02. The van der Waals surface area contributed by atoms with Gasteiger partial charge in [0.2, 0.25) is 0 Å². The number of aliphatic carboxylic acids is 1. The summed E-state index contributed by atoms with van der Waals surface area (Å²) in [5.41, 5.74) is 0.492. The molecule has 0 aromatic heterocycles. The highest BCUT2D eigenvalue weighted by Gasteiger charge is 2.25. The molecule has 1 aliphatic rings. The molecule has 0 unspecified atom stereocenters. The van der Waals surface area contributed by atoms with Crippen LogP contribution in [0.2, 0.25) is 0 Å². The number of hydrogen-bond acceptors (Lipinski definition) is 1. The van der Waals surface area contributed by atoms with Gasteiger partial charge in [0.25, 0.3) is 0 Å². The van der Waals surface area contributed by atoms with E-state index in [0.29, 0.717) is 5.57 Å². The Kier molecular flexibility index (Phi) is 11.1. The molecule has 0 aliphatic heterocycles. The monoisotopic (exact) mass is 322 g/mol. The standard InChI is InChI=1S/C21H38O2/c1-3-4-5-6-7-10-14-19-16-12-17-20(19)15-11-8-9-13-18(2)21(22)23/h13,19-20H,3-12,14-17H2,1-2H3,(H,22,23)/t19-,20-/m0/s1. The molecule has 2 heteroatoms.